The van der Waals surface area contributed by atoms with Gasteiger partial charge in [0.05, 0.1) is 5.25 Å². The summed E-state index contributed by atoms with van der Waals surface area (Å²) in [5, 5.41) is 10.8. The zero-order valence-corrected chi connectivity index (χ0v) is 14.2. The molecule has 1 aromatic carbocycles. The average Bonchev–Trinajstić information content (AvgIpc) is 3.32. The number of hydrogen-bond donors (Lipinski definition) is 1. The molecule has 0 radical (unpaired) electrons. The number of para-hydroxylation sites is 1. The lowest BCUT2D eigenvalue weighted by molar-refractivity contribution is -0.115. The van der Waals surface area contributed by atoms with E-state index in [9.17, 15) is 13.6 Å². The number of carbonyl (C=O) groups is 1. The number of hydrogen-bond acceptors (Lipinski definition) is 4. The van der Waals surface area contributed by atoms with Crippen LogP contribution in [0.1, 0.15) is 38.4 Å². The second-order valence-corrected chi connectivity index (χ2v) is 7.01. The number of aromatic nitrogens is 3. The van der Waals surface area contributed by atoms with Crippen molar-refractivity contribution in [1.82, 2.24) is 14.8 Å². The van der Waals surface area contributed by atoms with Crippen molar-refractivity contribution >= 4 is 23.4 Å². The molecule has 1 aliphatic carbocycles. The highest BCUT2D eigenvalue weighted by molar-refractivity contribution is 8.00. The highest BCUT2D eigenvalue weighted by Crippen LogP contribution is 2.40. The number of nitrogens with one attached hydrogen (secondary N) is 1. The van der Waals surface area contributed by atoms with E-state index in [0.29, 0.717) is 11.1 Å². The molecule has 8 heteroatoms. The summed E-state index contributed by atoms with van der Waals surface area (Å²) in [5.74, 6) is -0.666. The molecule has 1 aliphatic rings. The first-order valence-electron chi connectivity index (χ1n) is 7.85. The van der Waals surface area contributed by atoms with Crippen LogP contribution in [0.25, 0.3) is 0 Å². The van der Waals surface area contributed by atoms with Gasteiger partial charge in [0.2, 0.25) is 5.91 Å². The molecular weight excluding hydrogens is 334 g/mol. The summed E-state index contributed by atoms with van der Waals surface area (Å²) >= 11 is 1.23. The fourth-order valence-electron chi connectivity index (χ4n) is 2.38. The Balaban J connectivity index is 1.70. The molecule has 3 rings (SSSR count). The maximum absolute atomic E-state index is 13.6. The van der Waals surface area contributed by atoms with Gasteiger partial charge in [0.1, 0.15) is 23.1 Å². The third-order valence-corrected chi connectivity index (χ3v) is 4.95. The van der Waals surface area contributed by atoms with Crippen molar-refractivity contribution in [3.05, 3.63) is 35.7 Å². The fourth-order valence-corrected chi connectivity index (χ4v) is 3.30. The Kier molecular flexibility index (Phi) is 4.84. The van der Waals surface area contributed by atoms with E-state index in [-0.39, 0.29) is 0 Å². The molecule has 128 valence electrons. The van der Waals surface area contributed by atoms with Crippen LogP contribution in [0.2, 0.25) is 0 Å². The van der Waals surface area contributed by atoms with Crippen molar-refractivity contribution < 1.29 is 13.6 Å². The number of rotatable bonds is 6. The van der Waals surface area contributed by atoms with Gasteiger partial charge in [0.15, 0.2) is 5.16 Å². The summed E-state index contributed by atoms with van der Waals surface area (Å²) in [5.41, 5.74) is -0.425. The first-order chi connectivity index (χ1) is 11.5. The Morgan fingerprint density at radius 1 is 1.38 bits per heavy atom. The van der Waals surface area contributed by atoms with Crippen LogP contribution in [0.3, 0.4) is 0 Å². The predicted octanol–water partition coefficient (Wildman–Crippen LogP) is 3.57. The SMILES string of the molecule is CCn1c(S[C@H](C)C(=O)Nc2c(F)cccc2F)nnc1C1CC1. The van der Waals surface area contributed by atoms with Gasteiger partial charge in [-0.1, -0.05) is 17.8 Å². The van der Waals surface area contributed by atoms with Gasteiger partial charge < -0.3 is 9.88 Å². The molecule has 1 fully saturated rings. The van der Waals surface area contributed by atoms with Crippen molar-refractivity contribution in [2.24, 2.45) is 0 Å². The van der Waals surface area contributed by atoms with Crippen molar-refractivity contribution in [3.63, 3.8) is 0 Å². The van der Waals surface area contributed by atoms with Gasteiger partial charge in [-0.2, -0.15) is 0 Å². The molecule has 1 aromatic heterocycles. The van der Waals surface area contributed by atoms with E-state index in [1.807, 2.05) is 11.5 Å². The number of nitrogens with zero attached hydrogens (tertiary/aromatic N) is 3. The Hall–Kier alpha value is -1.96. The molecule has 5 nitrogen and oxygen atoms in total. The van der Waals surface area contributed by atoms with E-state index in [0.717, 1.165) is 37.3 Å². The molecule has 24 heavy (non-hydrogen) atoms. The van der Waals surface area contributed by atoms with Crippen LogP contribution in [0.4, 0.5) is 14.5 Å². The zero-order valence-electron chi connectivity index (χ0n) is 13.4. The molecule has 2 aromatic rings. The molecule has 0 unspecified atom stereocenters. The maximum atomic E-state index is 13.6. The van der Waals surface area contributed by atoms with Crippen molar-refractivity contribution in [1.29, 1.82) is 0 Å². The maximum Gasteiger partial charge on any atom is 0.237 e. The minimum absolute atomic E-state index is 0.425. The molecule has 0 saturated heterocycles. The zero-order chi connectivity index (χ0) is 17.3. The van der Waals surface area contributed by atoms with Crippen molar-refractivity contribution in [3.8, 4) is 0 Å². The highest BCUT2D eigenvalue weighted by Gasteiger charge is 2.31. The highest BCUT2D eigenvalue weighted by atomic mass is 32.2. The van der Waals surface area contributed by atoms with E-state index in [4.69, 9.17) is 0 Å². The van der Waals surface area contributed by atoms with Crippen LogP contribution < -0.4 is 5.32 Å². The Morgan fingerprint density at radius 3 is 2.62 bits per heavy atom. The summed E-state index contributed by atoms with van der Waals surface area (Å²) < 4.78 is 29.3. The van der Waals surface area contributed by atoms with Gasteiger partial charge in [-0.15, -0.1) is 10.2 Å². The topological polar surface area (TPSA) is 59.8 Å². The van der Waals surface area contributed by atoms with Crippen LogP contribution in [-0.4, -0.2) is 25.9 Å². The van der Waals surface area contributed by atoms with Gasteiger partial charge in [0.25, 0.3) is 0 Å². The van der Waals surface area contributed by atoms with E-state index in [1.54, 1.807) is 6.92 Å². The minimum Gasteiger partial charge on any atom is -0.320 e. The number of halogens is 2. The van der Waals surface area contributed by atoms with Gasteiger partial charge in [0, 0.05) is 12.5 Å². The summed E-state index contributed by atoms with van der Waals surface area (Å²) in [6.45, 7) is 4.39. The summed E-state index contributed by atoms with van der Waals surface area (Å²) in [4.78, 5) is 12.3. The lowest BCUT2D eigenvalue weighted by atomic mass is 10.3. The second kappa shape index (κ2) is 6.88. The third kappa shape index (κ3) is 3.43. The van der Waals surface area contributed by atoms with Crippen LogP contribution in [0.15, 0.2) is 23.4 Å². The van der Waals surface area contributed by atoms with Crippen LogP contribution in [0, 0.1) is 11.6 Å². The molecule has 1 saturated carbocycles. The standard InChI is InChI=1S/C16H18F2N4OS/c1-3-22-14(10-7-8-10)20-21-16(22)24-9(2)15(23)19-13-11(17)5-4-6-12(13)18/h4-6,9-10H,3,7-8H2,1-2H3,(H,19,23)/t9-/m1/s1. The van der Waals surface area contributed by atoms with E-state index in [2.05, 4.69) is 15.5 Å². The largest absolute Gasteiger partial charge is 0.320 e. The van der Waals surface area contributed by atoms with E-state index < -0.39 is 28.5 Å². The average molecular weight is 352 g/mol. The van der Waals surface area contributed by atoms with Gasteiger partial charge >= 0.3 is 0 Å². The summed E-state index contributed by atoms with van der Waals surface area (Å²) in [6.07, 6.45) is 2.23. The van der Waals surface area contributed by atoms with Gasteiger partial charge in [-0.05, 0) is 38.8 Å². The number of carbonyl (C=O) groups excluding carboxylic acids is 1. The minimum atomic E-state index is -0.798. The summed E-state index contributed by atoms with van der Waals surface area (Å²) in [7, 11) is 0. The molecule has 1 amide bonds. The van der Waals surface area contributed by atoms with E-state index >= 15 is 0 Å². The summed E-state index contributed by atoms with van der Waals surface area (Å²) in [6, 6.07) is 3.46. The number of anilines is 1. The number of amides is 1. The lowest BCUT2D eigenvalue weighted by Crippen LogP contribution is -2.24. The van der Waals surface area contributed by atoms with Crippen LogP contribution >= 0.6 is 11.8 Å². The molecule has 1 atom stereocenters. The first kappa shape index (κ1) is 16.9. The number of thioether (sulfide) groups is 1. The molecule has 1 heterocycles. The van der Waals surface area contributed by atoms with Crippen LogP contribution in [-0.2, 0) is 11.3 Å². The molecule has 1 N–H and O–H groups in total. The Labute approximate surface area is 142 Å². The molecule has 0 spiro atoms. The predicted molar refractivity (Wildman–Crippen MR) is 88.0 cm³/mol. The molecule has 0 aliphatic heterocycles. The molecule has 0 bridgehead atoms. The van der Waals surface area contributed by atoms with Gasteiger partial charge in [-0.25, -0.2) is 8.78 Å². The second-order valence-electron chi connectivity index (χ2n) is 5.71. The lowest BCUT2D eigenvalue weighted by Gasteiger charge is -2.13. The quantitative estimate of drug-likeness (QED) is 0.808. The van der Waals surface area contributed by atoms with Crippen molar-refractivity contribution in [2.45, 2.75) is 49.6 Å². The van der Waals surface area contributed by atoms with Crippen LogP contribution in [0.5, 0.6) is 0 Å². The monoisotopic (exact) mass is 352 g/mol. The Morgan fingerprint density at radius 2 is 2.04 bits per heavy atom. The fraction of sp³-hybridized carbons (Fsp3) is 0.438. The van der Waals surface area contributed by atoms with Gasteiger partial charge in [-0.3, -0.25) is 4.79 Å². The molecular formula is C16H18F2N4OS. The third-order valence-electron chi connectivity index (χ3n) is 3.87. The van der Waals surface area contributed by atoms with Crippen molar-refractivity contribution in [2.75, 3.05) is 5.32 Å². The smallest absolute Gasteiger partial charge is 0.237 e. The Bertz CT molecular complexity index is 740. The first-order valence-corrected chi connectivity index (χ1v) is 8.73. The number of benzene rings is 1. The van der Waals surface area contributed by atoms with E-state index in [1.165, 1.54) is 17.8 Å². The normalized spacial score (nSPS) is 15.3.